The highest BCUT2D eigenvalue weighted by Crippen LogP contribution is 2.27. The Balaban J connectivity index is 2.55. The van der Waals surface area contributed by atoms with Crippen LogP contribution < -0.4 is 0 Å². The van der Waals surface area contributed by atoms with E-state index in [0.29, 0.717) is 21.7 Å². The van der Waals surface area contributed by atoms with E-state index in [9.17, 15) is 18.8 Å². The van der Waals surface area contributed by atoms with E-state index in [1.54, 1.807) is 32.0 Å². The van der Waals surface area contributed by atoms with Crippen molar-refractivity contribution in [1.29, 1.82) is 5.26 Å². The van der Waals surface area contributed by atoms with Crippen LogP contribution >= 0.6 is 11.6 Å². The van der Waals surface area contributed by atoms with Gasteiger partial charge >= 0.3 is 0 Å². The van der Waals surface area contributed by atoms with Crippen LogP contribution in [0.1, 0.15) is 16.7 Å². The first-order valence-corrected chi connectivity index (χ1v) is 8.54. The van der Waals surface area contributed by atoms with Crippen molar-refractivity contribution in [3.8, 4) is 11.8 Å². The van der Waals surface area contributed by atoms with Gasteiger partial charge in [-0.1, -0.05) is 11.6 Å². The number of halogens is 1. The number of aromatic hydroxyl groups is 1. The molecule has 0 bridgehead atoms. The summed E-state index contributed by atoms with van der Waals surface area (Å²) in [7, 11) is -3.92. The zero-order chi connectivity index (χ0) is 17.2. The number of benzene rings is 2. The summed E-state index contributed by atoms with van der Waals surface area (Å²) in [6.07, 6.45) is 1.30. The molecule has 4 nitrogen and oxygen atoms in total. The highest BCUT2D eigenvalue weighted by Gasteiger charge is 2.21. The molecule has 0 fully saturated rings. The molecule has 23 heavy (non-hydrogen) atoms. The van der Waals surface area contributed by atoms with Crippen molar-refractivity contribution in [2.75, 3.05) is 0 Å². The molecule has 0 saturated carbocycles. The molecule has 0 aromatic heterocycles. The Labute approximate surface area is 140 Å². The number of nitriles is 1. The summed E-state index contributed by atoms with van der Waals surface area (Å²) in [6, 6.07) is 10.6. The lowest BCUT2D eigenvalue weighted by atomic mass is 10.1. The Morgan fingerprint density at radius 3 is 2.17 bits per heavy atom. The van der Waals surface area contributed by atoms with Crippen LogP contribution in [0, 0.1) is 25.2 Å². The maximum atomic E-state index is 12.5. The number of phenols is 1. The fourth-order valence-electron chi connectivity index (χ4n) is 2.13. The molecule has 0 heterocycles. The standard InChI is InChI=1S/C17H14ClNO3S/c1-11-7-13(8-12(2)17(11)20)9-16(10-19)23(21,22)15-5-3-14(18)4-6-15/h3-9,20H,1-2H3/b16-9-. The first-order valence-electron chi connectivity index (χ1n) is 6.68. The van der Waals surface area contributed by atoms with Crippen molar-refractivity contribution in [2.45, 2.75) is 18.7 Å². The smallest absolute Gasteiger partial charge is 0.216 e. The zero-order valence-electron chi connectivity index (χ0n) is 12.5. The molecule has 0 aliphatic rings. The van der Waals surface area contributed by atoms with Crippen LogP contribution in [0.3, 0.4) is 0 Å². The molecular weight excluding hydrogens is 334 g/mol. The van der Waals surface area contributed by atoms with Gasteiger partial charge < -0.3 is 5.11 Å². The molecule has 0 aliphatic carbocycles. The predicted octanol–water partition coefficient (Wildman–Crippen LogP) is 4.00. The summed E-state index contributed by atoms with van der Waals surface area (Å²) in [6.45, 7) is 3.42. The third-order valence-corrected chi connectivity index (χ3v) is 5.27. The Kier molecular flexibility index (Phi) is 4.79. The van der Waals surface area contributed by atoms with Gasteiger partial charge in [-0.3, -0.25) is 0 Å². The normalized spacial score (nSPS) is 12.0. The molecule has 0 atom stereocenters. The van der Waals surface area contributed by atoms with Gasteiger partial charge in [0, 0.05) is 5.02 Å². The number of hydrogen-bond donors (Lipinski definition) is 1. The van der Waals surface area contributed by atoms with Gasteiger partial charge in [-0.2, -0.15) is 5.26 Å². The average Bonchev–Trinajstić information content (AvgIpc) is 2.50. The summed E-state index contributed by atoms with van der Waals surface area (Å²) in [5.41, 5.74) is 1.75. The van der Waals surface area contributed by atoms with Crippen molar-refractivity contribution in [3.63, 3.8) is 0 Å². The van der Waals surface area contributed by atoms with Crippen LogP contribution in [-0.4, -0.2) is 13.5 Å². The second-order valence-corrected chi connectivity index (χ2v) is 7.44. The molecule has 2 rings (SSSR count). The number of aryl methyl sites for hydroxylation is 2. The average molecular weight is 348 g/mol. The summed E-state index contributed by atoms with van der Waals surface area (Å²) >= 11 is 5.76. The lowest BCUT2D eigenvalue weighted by molar-refractivity contribution is 0.467. The summed E-state index contributed by atoms with van der Waals surface area (Å²) in [5, 5.41) is 19.4. The fraction of sp³-hybridized carbons (Fsp3) is 0.118. The van der Waals surface area contributed by atoms with Crippen LogP contribution in [0.2, 0.25) is 5.02 Å². The van der Waals surface area contributed by atoms with Crippen LogP contribution in [0.5, 0.6) is 5.75 Å². The number of phenolic OH excluding ortho intramolecular Hbond substituents is 1. The van der Waals surface area contributed by atoms with Gasteiger partial charge in [0.05, 0.1) is 4.90 Å². The van der Waals surface area contributed by atoms with Gasteiger partial charge in [-0.15, -0.1) is 0 Å². The minimum absolute atomic E-state index is 0.00178. The second kappa shape index (κ2) is 6.45. The van der Waals surface area contributed by atoms with Crippen molar-refractivity contribution >= 4 is 27.5 Å². The van der Waals surface area contributed by atoms with E-state index >= 15 is 0 Å². The molecule has 6 heteroatoms. The number of hydrogen-bond acceptors (Lipinski definition) is 4. The third kappa shape index (κ3) is 3.55. The van der Waals surface area contributed by atoms with E-state index in [1.807, 2.05) is 0 Å². The molecule has 0 radical (unpaired) electrons. The molecule has 0 unspecified atom stereocenters. The van der Waals surface area contributed by atoms with Crippen LogP contribution in [0.4, 0.5) is 0 Å². The van der Waals surface area contributed by atoms with Gasteiger partial charge in [0.1, 0.15) is 16.7 Å². The molecule has 2 aromatic rings. The Hall–Kier alpha value is -2.29. The molecule has 0 amide bonds. The zero-order valence-corrected chi connectivity index (χ0v) is 14.1. The van der Waals surface area contributed by atoms with Gasteiger partial charge in [0.15, 0.2) is 0 Å². The van der Waals surface area contributed by atoms with E-state index in [2.05, 4.69) is 0 Å². The van der Waals surface area contributed by atoms with E-state index in [-0.39, 0.29) is 15.6 Å². The topological polar surface area (TPSA) is 78.2 Å². The van der Waals surface area contributed by atoms with Crippen LogP contribution in [0.25, 0.3) is 6.08 Å². The number of rotatable bonds is 3. The molecule has 0 aliphatic heterocycles. The molecule has 2 aromatic carbocycles. The van der Waals surface area contributed by atoms with Crippen molar-refractivity contribution in [1.82, 2.24) is 0 Å². The molecule has 0 spiro atoms. The van der Waals surface area contributed by atoms with E-state index in [4.69, 9.17) is 11.6 Å². The molecule has 0 saturated heterocycles. The Morgan fingerprint density at radius 2 is 1.70 bits per heavy atom. The van der Waals surface area contributed by atoms with Crippen LogP contribution in [0.15, 0.2) is 46.2 Å². The van der Waals surface area contributed by atoms with Gasteiger partial charge in [-0.25, -0.2) is 8.42 Å². The van der Waals surface area contributed by atoms with E-state index in [1.165, 1.54) is 30.3 Å². The lowest BCUT2D eigenvalue weighted by Crippen LogP contribution is -2.03. The highest BCUT2D eigenvalue weighted by molar-refractivity contribution is 7.95. The van der Waals surface area contributed by atoms with Crippen molar-refractivity contribution < 1.29 is 13.5 Å². The minimum atomic E-state index is -3.92. The Morgan fingerprint density at radius 1 is 1.17 bits per heavy atom. The Bertz CT molecular complexity index is 900. The number of sulfone groups is 1. The summed E-state index contributed by atoms with van der Waals surface area (Å²) < 4.78 is 25.1. The highest BCUT2D eigenvalue weighted by atomic mass is 35.5. The quantitative estimate of drug-likeness (QED) is 0.851. The maximum absolute atomic E-state index is 12.5. The van der Waals surface area contributed by atoms with Gasteiger partial charge in [0.25, 0.3) is 0 Å². The molecule has 118 valence electrons. The predicted molar refractivity (Wildman–Crippen MR) is 89.8 cm³/mol. The monoisotopic (exact) mass is 347 g/mol. The van der Waals surface area contributed by atoms with Crippen molar-refractivity contribution in [3.05, 3.63) is 63.0 Å². The lowest BCUT2D eigenvalue weighted by Gasteiger charge is -2.06. The van der Waals surface area contributed by atoms with E-state index < -0.39 is 9.84 Å². The van der Waals surface area contributed by atoms with Crippen molar-refractivity contribution in [2.24, 2.45) is 0 Å². The van der Waals surface area contributed by atoms with Gasteiger partial charge in [-0.05, 0) is 73.0 Å². The first-order chi connectivity index (χ1) is 10.8. The first kappa shape index (κ1) is 17.1. The minimum Gasteiger partial charge on any atom is -0.507 e. The largest absolute Gasteiger partial charge is 0.507 e. The van der Waals surface area contributed by atoms with Gasteiger partial charge in [0.2, 0.25) is 9.84 Å². The maximum Gasteiger partial charge on any atom is 0.216 e. The molecule has 1 N–H and O–H groups in total. The third-order valence-electron chi connectivity index (χ3n) is 3.33. The second-order valence-electron chi connectivity index (χ2n) is 5.08. The summed E-state index contributed by atoms with van der Waals surface area (Å²) in [5.74, 6) is 0.154. The SMILES string of the molecule is Cc1cc(/C=C(/C#N)S(=O)(=O)c2ccc(Cl)cc2)cc(C)c1O. The summed E-state index contributed by atoms with van der Waals surface area (Å²) in [4.78, 5) is -0.369. The number of nitrogens with zero attached hydrogens (tertiary/aromatic N) is 1. The number of allylic oxidation sites excluding steroid dienone is 1. The fourth-order valence-corrected chi connectivity index (χ4v) is 3.42. The molecular formula is C17H14ClNO3S. The van der Waals surface area contributed by atoms with E-state index in [0.717, 1.165) is 0 Å². The van der Waals surface area contributed by atoms with Crippen LogP contribution in [-0.2, 0) is 9.84 Å².